The third kappa shape index (κ3) is 4.85. The second-order valence-electron chi connectivity index (χ2n) is 6.59. The molecular weight excluding hydrogens is 417 g/mol. The van der Waals surface area contributed by atoms with Gasteiger partial charge in [-0.3, -0.25) is 0 Å². The molecule has 0 radical (unpaired) electrons. The topological polar surface area (TPSA) is 99.2 Å². The lowest BCUT2D eigenvalue weighted by Crippen LogP contribution is -2.46. The number of amides is 1. The zero-order valence-corrected chi connectivity index (χ0v) is 16.9. The molecule has 1 fully saturated rings. The van der Waals surface area contributed by atoms with Crippen LogP contribution in [0.3, 0.4) is 0 Å². The number of carbonyl (C=O) groups excluding carboxylic acids is 1. The number of hydroxylamine groups is 1. The first kappa shape index (κ1) is 20.6. The summed E-state index contributed by atoms with van der Waals surface area (Å²) in [6.45, 7) is 1.55. The lowest BCUT2D eigenvalue weighted by Gasteiger charge is -2.30. The van der Waals surface area contributed by atoms with E-state index in [4.69, 9.17) is 27.9 Å². The van der Waals surface area contributed by atoms with E-state index in [1.807, 2.05) is 0 Å². The van der Waals surface area contributed by atoms with E-state index in [1.54, 1.807) is 17.6 Å². The Balaban J connectivity index is 1.66. The fourth-order valence-electron chi connectivity index (χ4n) is 3.25. The summed E-state index contributed by atoms with van der Waals surface area (Å²) in [5, 5.41) is 10.0. The number of carbonyl (C=O) groups is 1. The van der Waals surface area contributed by atoms with Crippen LogP contribution >= 0.6 is 23.2 Å². The first-order valence-corrected chi connectivity index (χ1v) is 11.0. The molecule has 1 saturated heterocycles. The van der Waals surface area contributed by atoms with Crippen molar-refractivity contribution in [1.29, 1.82) is 0 Å². The maximum Gasteiger partial charge on any atom is 0.411 e. The minimum atomic E-state index is -3.79. The van der Waals surface area contributed by atoms with Gasteiger partial charge in [0.15, 0.2) is 6.23 Å². The smallest absolute Gasteiger partial charge is 0.411 e. The third-order valence-corrected chi connectivity index (χ3v) is 7.27. The zero-order valence-electron chi connectivity index (χ0n) is 14.5. The van der Waals surface area contributed by atoms with Crippen molar-refractivity contribution in [2.45, 2.75) is 32.0 Å². The minimum Gasteiger partial charge on any atom is -0.427 e. The van der Waals surface area contributed by atoms with E-state index < -0.39 is 28.1 Å². The van der Waals surface area contributed by atoms with Crippen molar-refractivity contribution in [2.75, 3.05) is 25.4 Å². The van der Waals surface area contributed by atoms with Crippen LogP contribution in [-0.2, 0) is 27.7 Å². The molecule has 27 heavy (non-hydrogen) atoms. The first-order chi connectivity index (χ1) is 12.8. The van der Waals surface area contributed by atoms with E-state index in [-0.39, 0.29) is 13.1 Å². The summed E-state index contributed by atoms with van der Waals surface area (Å²) in [4.78, 5) is 13.5. The van der Waals surface area contributed by atoms with Gasteiger partial charge in [0.2, 0.25) is 10.0 Å². The van der Waals surface area contributed by atoms with Gasteiger partial charge in [0.25, 0.3) is 0 Å². The van der Waals surface area contributed by atoms with Crippen LogP contribution in [0.15, 0.2) is 12.1 Å². The highest BCUT2D eigenvalue weighted by molar-refractivity contribution is 7.89. The second kappa shape index (κ2) is 8.50. The van der Waals surface area contributed by atoms with Crippen LogP contribution in [0.25, 0.3) is 0 Å². The molecule has 11 heteroatoms. The molecule has 0 aromatic heterocycles. The molecule has 0 saturated carbocycles. The number of hydrogen-bond acceptors (Lipinski definition) is 6. The van der Waals surface area contributed by atoms with E-state index in [1.165, 1.54) is 9.21 Å². The number of benzene rings is 1. The summed E-state index contributed by atoms with van der Waals surface area (Å²) in [7, 11) is -3.79. The molecule has 2 aliphatic heterocycles. The van der Waals surface area contributed by atoms with Gasteiger partial charge in [0.05, 0.1) is 10.0 Å². The number of sulfonamides is 1. The average molecular weight is 438 g/mol. The van der Waals surface area contributed by atoms with E-state index in [0.29, 0.717) is 29.6 Å². The predicted molar refractivity (Wildman–Crippen MR) is 100 cm³/mol. The molecule has 1 amide bonds. The maximum atomic E-state index is 12.7. The third-order valence-electron chi connectivity index (χ3n) is 4.73. The predicted octanol–water partition coefficient (Wildman–Crippen LogP) is 2.22. The van der Waals surface area contributed by atoms with Gasteiger partial charge in [-0.1, -0.05) is 23.2 Å². The number of nitrogens with one attached hydrogen (secondary N) is 1. The summed E-state index contributed by atoms with van der Waals surface area (Å²) in [5.41, 5.74) is 3.50. The number of likely N-dealkylation sites (tertiary alicyclic amines) is 1. The fourth-order valence-corrected chi connectivity index (χ4v) is 5.06. The van der Waals surface area contributed by atoms with Crippen molar-refractivity contribution in [1.82, 2.24) is 14.7 Å². The van der Waals surface area contributed by atoms with Crippen LogP contribution < -0.4 is 5.48 Å². The van der Waals surface area contributed by atoms with Crippen LogP contribution in [-0.4, -0.2) is 60.5 Å². The van der Waals surface area contributed by atoms with Gasteiger partial charge >= 0.3 is 6.09 Å². The number of fused-ring (bicyclic) bond motifs is 1. The van der Waals surface area contributed by atoms with Gasteiger partial charge < -0.3 is 14.8 Å². The number of nitrogens with zero attached hydrogens (tertiary/aromatic N) is 2. The number of halogens is 2. The SMILES string of the molecule is O=C(OC(CS(=O)(=O)N1CCc2cc(Cl)c(Cl)cc2C1)NO)N1CCCC1. The molecule has 0 aliphatic carbocycles. The number of rotatable bonds is 5. The van der Waals surface area contributed by atoms with Crippen molar-refractivity contribution in [3.05, 3.63) is 33.3 Å². The summed E-state index contributed by atoms with van der Waals surface area (Å²) in [6.07, 6.45) is 0.267. The Labute approximate surface area is 168 Å². The standard InChI is InChI=1S/C16H21Cl2N3O5S/c17-13-7-11-3-6-21(9-12(11)8-14(13)18)27(24,25)10-15(19-23)26-16(22)20-4-1-2-5-20/h7-8,15,19,23H,1-6,9-10H2. The van der Waals surface area contributed by atoms with Crippen LogP contribution in [0.5, 0.6) is 0 Å². The normalized spacial score (nSPS) is 19.0. The second-order valence-corrected chi connectivity index (χ2v) is 9.42. The highest BCUT2D eigenvalue weighted by Crippen LogP contribution is 2.30. The minimum absolute atomic E-state index is 0.146. The van der Waals surface area contributed by atoms with E-state index in [0.717, 1.165) is 24.0 Å². The molecule has 1 aromatic carbocycles. The Bertz CT molecular complexity index is 815. The maximum absolute atomic E-state index is 12.7. The van der Waals surface area contributed by atoms with Gasteiger partial charge in [-0.25, -0.2) is 13.2 Å². The van der Waals surface area contributed by atoms with Gasteiger partial charge in [0.1, 0.15) is 5.75 Å². The zero-order chi connectivity index (χ0) is 19.6. The summed E-state index contributed by atoms with van der Waals surface area (Å²) >= 11 is 12.0. The molecule has 1 atom stereocenters. The van der Waals surface area contributed by atoms with Gasteiger partial charge in [-0.05, 0) is 42.5 Å². The van der Waals surface area contributed by atoms with Crippen molar-refractivity contribution in [2.24, 2.45) is 0 Å². The molecule has 2 aliphatic rings. The van der Waals surface area contributed by atoms with Crippen molar-refractivity contribution in [3.8, 4) is 0 Å². The Morgan fingerprint density at radius 1 is 1.19 bits per heavy atom. The van der Waals surface area contributed by atoms with Crippen LogP contribution in [0.4, 0.5) is 4.79 Å². The van der Waals surface area contributed by atoms with Crippen molar-refractivity contribution in [3.63, 3.8) is 0 Å². The highest BCUT2D eigenvalue weighted by atomic mass is 35.5. The molecular formula is C16H21Cl2N3O5S. The van der Waals surface area contributed by atoms with Gasteiger partial charge in [-0.2, -0.15) is 9.79 Å². The Hall–Kier alpha value is -1.10. The van der Waals surface area contributed by atoms with E-state index in [9.17, 15) is 18.4 Å². The van der Waals surface area contributed by atoms with E-state index >= 15 is 0 Å². The Morgan fingerprint density at radius 3 is 2.44 bits per heavy atom. The van der Waals surface area contributed by atoms with Crippen LogP contribution in [0.1, 0.15) is 24.0 Å². The number of ether oxygens (including phenoxy) is 1. The Morgan fingerprint density at radius 2 is 1.81 bits per heavy atom. The van der Waals surface area contributed by atoms with Crippen molar-refractivity contribution >= 4 is 39.3 Å². The fraction of sp³-hybridized carbons (Fsp3) is 0.562. The summed E-state index contributed by atoms with van der Waals surface area (Å²) < 4.78 is 31.8. The molecule has 3 rings (SSSR count). The molecule has 2 N–H and O–H groups in total. The first-order valence-electron chi connectivity index (χ1n) is 8.60. The largest absolute Gasteiger partial charge is 0.427 e. The molecule has 2 heterocycles. The molecule has 150 valence electrons. The van der Waals surface area contributed by atoms with E-state index in [2.05, 4.69) is 0 Å². The quantitative estimate of drug-likeness (QED) is 0.541. The molecule has 0 bridgehead atoms. The Kier molecular flexibility index (Phi) is 6.50. The lowest BCUT2D eigenvalue weighted by molar-refractivity contribution is -0.0121. The molecule has 1 unspecified atom stereocenters. The summed E-state index contributed by atoms with van der Waals surface area (Å²) in [6, 6.07) is 3.41. The molecule has 0 spiro atoms. The van der Waals surface area contributed by atoms with Crippen molar-refractivity contribution < 1.29 is 23.2 Å². The van der Waals surface area contributed by atoms with Gasteiger partial charge in [0, 0.05) is 26.2 Å². The lowest BCUT2D eigenvalue weighted by atomic mass is 10.0. The van der Waals surface area contributed by atoms with Crippen LogP contribution in [0.2, 0.25) is 10.0 Å². The number of hydrogen-bond donors (Lipinski definition) is 2. The molecule has 8 nitrogen and oxygen atoms in total. The van der Waals surface area contributed by atoms with Gasteiger partial charge in [-0.15, -0.1) is 0 Å². The van der Waals surface area contributed by atoms with Crippen LogP contribution in [0, 0.1) is 0 Å². The molecule has 1 aromatic rings. The monoisotopic (exact) mass is 437 g/mol. The average Bonchev–Trinajstić information content (AvgIpc) is 3.16. The highest BCUT2D eigenvalue weighted by Gasteiger charge is 2.32. The summed E-state index contributed by atoms with van der Waals surface area (Å²) in [5.74, 6) is -0.570.